The maximum Gasteiger partial charge on any atom is 0.466 e. The number of hydrogen-bond donors (Lipinski definition) is 4. The van der Waals surface area contributed by atoms with Gasteiger partial charge in [0.1, 0.15) is 0 Å². The summed E-state index contributed by atoms with van der Waals surface area (Å²) < 4.78 is 8.88. The Morgan fingerprint density at radius 1 is 1.18 bits per heavy atom. The zero-order chi connectivity index (χ0) is 9.33. The molecule has 0 aromatic carbocycles. The highest BCUT2D eigenvalue weighted by molar-refractivity contribution is 7.45. The van der Waals surface area contributed by atoms with Crippen LogP contribution in [0.15, 0.2) is 0 Å². The van der Waals surface area contributed by atoms with Crippen LogP contribution >= 0.6 is 7.82 Å². The summed E-state index contributed by atoms with van der Waals surface area (Å²) in [5.74, 6) is 0. The van der Waals surface area contributed by atoms with Gasteiger partial charge in [-0.15, -0.1) is 0 Å². The van der Waals surface area contributed by atoms with Gasteiger partial charge in [0.05, 0.1) is 0 Å². The summed E-state index contributed by atoms with van der Waals surface area (Å²) in [6.07, 6.45) is 3.33. The number of aliphatic hydroxyl groups excluding tert-OH is 1. The molecule has 0 spiro atoms. The molecule has 0 aliphatic rings. The van der Waals surface area contributed by atoms with Crippen molar-refractivity contribution in [2.45, 2.75) is 26.2 Å². The van der Waals surface area contributed by atoms with Crippen LogP contribution < -0.4 is 0 Å². The van der Waals surface area contributed by atoms with Gasteiger partial charge >= 0.3 is 7.82 Å². The van der Waals surface area contributed by atoms with E-state index in [-0.39, 0.29) is 0 Å². The highest BCUT2D eigenvalue weighted by atomic mass is 31.2. The summed E-state index contributed by atoms with van der Waals surface area (Å²) >= 11 is 0. The smallest absolute Gasteiger partial charge is 0.396 e. The van der Waals surface area contributed by atoms with Gasteiger partial charge < -0.3 is 19.8 Å². The number of rotatable bonds is 3. The summed E-state index contributed by atoms with van der Waals surface area (Å²) in [7, 11) is -4.64. The second-order valence-corrected chi connectivity index (χ2v) is 2.97. The van der Waals surface area contributed by atoms with Gasteiger partial charge in [-0.3, -0.25) is 0 Å². The van der Waals surface area contributed by atoms with E-state index >= 15 is 0 Å². The molecule has 6 heteroatoms. The first kappa shape index (κ1) is 13.6. The largest absolute Gasteiger partial charge is 0.466 e. The molecule has 0 heterocycles. The lowest BCUT2D eigenvalue weighted by molar-refractivity contribution is 0.275. The number of aliphatic hydroxyl groups is 1. The predicted molar refractivity (Wildman–Crippen MR) is 40.9 cm³/mol. The second kappa shape index (κ2) is 8.17. The molecule has 0 aromatic heterocycles. The number of unbranched alkanes of at least 4 members (excludes halogenated alkanes) is 2. The molecule has 0 aromatic rings. The van der Waals surface area contributed by atoms with Crippen molar-refractivity contribution in [3.8, 4) is 0 Å². The first-order valence-electron chi connectivity index (χ1n) is 3.31. The van der Waals surface area contributed by atoms with Gasteiger partial charge in [-0.2, -0.15) is 0 Å². The molecule has 0 saturated heterocycles. The topological polar surface area (TPSA) is 98.0 Å². The van der Waals surface area contributed by atoms with E-state index in [9.17, 15) is 0 Å². The zero-order valence-corrected chi connectivity index (χ0v) is 7.37. The quantitative estimate of drug-likeness (QED) is 0.374. The maximum atomic E-state index is 8.88. The average molecular weight is 186 g/mol. The van der Waals surface area contributed by atoms with E-state index < -0.39 is 7.82 Å². The summed E-state index contributed by atoms with van der Waals surface area (Å²) in [6, 6.07) is 0. The Labute approximate surface area is 65.9 Å². The Balaban J connectivity index is 0. The standard InChI is InChI=1S/C5H12O.H3O4P/c1-2-3-4-5-6;1-5(2,3)4/h6H,2-5H2,1H3;(H3,1,2,3,4). The van der Waals surface area contributed by atoms with E-state index in [0.717, 1.165) is 12.8 Å². The van der Waals surface area contributed by atoms with Gasteiger partial charge in [0, 0.05) is 6.61 Å². The minimum absolute atomic E-state index is 0.355. The van der Waals surface area contributed by atoms with Crippen molar-refractivity contribution in [2.75, 3.05) is 6.61 Å². The van der Waals surface area contributed by atoms with Gasteiger partial charge in [-0.1, -0.05) is 19.8 Å². The molecule has 0 fully saturated rings. The SMILES string of the molecule is CCCCCO.O=P(O)(O)O. The van der Waals surface area contributed by atoms with Crippen LogP contribution in [0.4, 0.5) is 0 Å². The van der Waals surface area contributed by atoms with Crippen molar-refractivity contribution in [1.82, 2.24) is 0 Å². The fourth-order valence-electron chi connectivity index (χ4n) is 0.362. The molecule has 0 bridgehead atoms. The highest BCUT2D eigenvalue weighted by Crippen LogP contribution is 2.25. The monoisotopic (exact) mass is 186 g/mol. The van der Waals surface area contributed by atoms with Gasteiger partial charge in [0.15, 0.2) is 0 Å². The zero-order valence-electron chi connectivity index (χ0n) is 6.47. The first-order chi connectivity index (χ1) is 4.91. The van der Waals surface area contributed by atoms with Gasteiger partial charge in [0.2, 0.25) is 0 Å². The van der Waals surface area contributed by atoms with Crippen LogP contribution in [0.5, 0.6) is 0 Å². The lowest BCUT2D eigenvalue weighted by Gasteiger charge is -1.85. The van der Waals surface area contributed by atoms with Gasteiger partial charge in [-0.05, 0) is 6.42 Å². The number of phosphoric acid groups is 1. The first-order valence-corrected chi connectivity index (χ1v) is 4.87. The van der Waals surface area contributed by atoms with Crippen LogP contribution in [0.25, 0.3) is 0 Å². The Bertz CT molecular complexity index is 97.2. The average Bonchev–Trinajstić information content (AvgIpc) is 1.79. The summed E-state index contributed by atoms with van der Waals surface area (Å²) in [4.78, 5) is 21.6. The van der Waals surface area contributed by atoms with Crippen LogP contribution in [0, 0.1) is 0 Å². The van der Waals surface area contributed by atoms with E-state index in [0.29, 0.717) is 6.61 Å². The normalized spacial score (nSPS) is 10.3. The molecule has 0 rings (SSSR count). The molecule has 0 amide bonds. The van der Waals surface area contributed by atoms with Crippen molar-refractivity contribution >= 4 is 7.82 Å². The van der Waals surface area contributed by atoms with Crippen LogP contribution in [-0.4, -0.2) is 26.4 Å². The predicted octanol–water partition coefficient (Wildman–Crippen LogP) is 0.240. The molecular formula is C5H15O5P. The third kappa shape index (κ3) is 69.6. The van der Waals surface area contributed by atoms with Crippen LogP contribution in [-0.2, 0) is 4.57 Å². The van der Waals surface area contributed by atoms with Crippen LogP contribution in [0.2, 0.25) is 0 Å². The molecule has 0 aliphatic heterocycles. The summed E-state index contributed by atoms with van der Waals surface area (Å²) in [5, 5.41) is 8.20. The van der Waals surface area contributed by atoms with Crippen molar-refractivity contribution in [3.05, 3.63) is 0 Å². The fourth-order valence-corrected chi connectivity index (χ4v) is 0.362. The minimum Gasteiger partial charge on any atom is -0.396 e. The lowest BCUT2D eigenvalue weighted by atomic mass is 10.3. The maximum absolute atomic E-state index is 8.88. The second-order valence-electron chi connectivity index (χ2n) is 1.94. The van der Waals surface area contributed by atoms with E-state index in [1.807, 2.05) is 0 Å². The van der Waals surface area contributed by atoms with Crippen molar-refractivity contribution < 1.29 is 24.4 Å². The van der Waals surface area contributed by atoms with E-state index in [4.69, 9.17) is 24.4 Å². The van der Waals surface area contributed by atoms with E-state index in [2.05, 4.69) is 6.92 Å². The third-order valence-electron chi connectivity index (χ3n) is 0.762. The Morgan fingerprint density at radius 3 is 1.64 bits per heavy atom. The Hall–Kier alpha value is 0.0700. The van der Waals surface area contributed by atoms with Crippen molar-refractivity contribution in [1.29, 1.82) is 0 Å². The molecule has 0 atom stereocenters. The molecule has 0 unspecified atom stereocenters. The van der Waals surface area contributed by atoms with Crippen molar-refractivity contribution in [2.24, 2.45) is 0 Å². The third-order valence-corrected chi connectivity index (χ3v) is 0.762. The molecule has 70 valence electrons. The molecular weight excluding hydrogens is 171 g/mol. The Kier molecular flexibility index (Phi) is 10.1. The van der Waals surface area contributed by atoms with E-state index in [1.165, 1.54) is 6.42 Å². The van der Waals surface area contributed by atoms with Gasteiger partial charge in [-0.25, -0.2) is 4.57 Å². The minimum atomic E-state index is -4.64. The summed E-state index contributed by atoms with van der Waals surface area (Å²) in [6.45, 7) is 2.48. The van der Waals surface area contributed by atoms with Crippen molar-refractivity contribution in [3.63, 3.8) is 0 Å². The molecule has 5 nitrogen and oxygen atoms in total. The van der Waals surface area contributed by atoms with E-state index in [1.54, 1.807) is 0 Å². The highest BCUT2D eigenvalue weighted by Gasteiger charge is 2.00. The molecule has 0 aliphatic carbocycles. The molecule has 4 N–H and O–H groups in total. The molecule has 11 heavy (non-hydrogen) atoms. The van der Waals surface area contributed by atoms with Gasteiger partial charge in [0.25, 0.3) is 0 Å². The fraction of sp³-hybridized carbons (Fsp3) is 1.00. The molecule has 0 radical (unpaired) electrons. The van der Waals surface area contributed by atoms with Crippen LogP contribution in [0.1, 0.15) is 26.2 Å². The summed E-state index contributed by atoms with van der Waals surface area (Å²) in [5.41, 5.74) is 0. The molecule has 0 saturated carbocycles. The lowest BCUT2D eigenvalue weighted by Crippen LogP contribution is -1.78. The van der Waals surface area contributed by atoms with Crippen LogP contribution in [0.3, 0.4) is 0 Å². The number of hydrogen-bond acceptors (Lipinski definition) is 2. The Morgan fingerprint density at radius 2 is 1.55 bits per heavy atom.